The van der Waals surface area contributed by atoms with E-state index in [4.69, 9.17) is 0 Å². The molecule has 6 nitrogen and oxygen atoms in total. The van der Waals surface area contributed by atoms with Crippen LogP contribution in [0.4, 0.5) is 5.69 Å². The number of guanidine groups is 1. The Labute approximate surface area is 158 Å². The molecule has 2 rings (SSSR count). The van der Waals surface area contributed by atoms with Gasteiger partial charge in [-0.1, -0.05) is 42.5 Å². The Bertz CT molecular complexity index is 705. The third-order valence-corrected chi connectivity index (χ3v) is 4.33. The van der Waals surface area contributed by atoms with Crippen molar-refractivity contribution >= 4 is 23.4 Å². The second-order valence-corrected chi connectivity index (χ2v) is 6.66. The highest BCUT2D eigenvalue weighted by Gasteiger charge is 2.04. The Balaban J connectivity index is 1.91. The quantitative estimate of drug-likeness (QED) is 0.232. The number of benzene rings is 2. The maximum atomic E-state index is 10.7. The Morgan fingerprint density at radius 2 is 1.73 bits per heavy atom. The lowest BCUT2D eigenvalue weighted by molar-refractivity contribution is -0.384. The average Bonchev–Trinajstić information content (AvgIpc) is 2.67. The van der Waals surface area contributed by atoms with Gasteiger partial charge < -0.3 is 10.6 Å². The zero-order valence-electron chi connectivity index (χ0n) is 14.9. The van der Waals surface area contributed by atoms with Crippen molar-refractivity contribution in [3.8, 4) is 0 Å². The second-order valence-electron chi connectivity index (χ2n) is 5.67. The summed E-state index contributed by atoms with van der Waals surface area (Å²) < 4.78 is 0. The van der Waals surface area contributed by atoms with Crippen LogP contribution in [0.3, 0.4) is 0 Å². The van der Waals surface area contributed by atoms with Crippen molar-refractivity contribution in [1.82, 2.24) is 10.6 Å². The summed E-state index contributed by atoms with van der Waals surface area (Å²) in [4.78, 5) is 14.9. The Hall–Kier alpha value is -2.54. The fraction of sp³-hybridized carbons (Fsp3) is 0.316. The number of nitro groups is 1. The first kappa shape index (κ1) is 19.8. The van der Waals surface area contributed by atoms with Crippen LogP contribution in [0.1, 0.15) is 11.1 Å². The third-order valence-electron chi connectivity index (χ3n) is 3.71. The van der Waals surface area contributed by atoms with Crippen LogP contribution in [-0.2, 0) is 13.0 Å². The Kier molecular flexibility index (Phi) is 8.48. The number of hydrogen-bond donors (Lipinski definition) is 2. The van der Waals surface area contributed by atoms with Gasteiger partial charge in [-0.15, -0.1) is 0 Å². The van der Waals surface area contributed by atoms with Crippen LogP contribution in [-0.4, -0.2) is 36.0 Å². The molecule has 0 amide bonds. The van der Waals surface area contributed by atoms with Crippen molar-refractivity contribution in [2.24, 2.45) is 4.99 Å². The number of thioether (sulfide) groups is 1. The molecule has 0 aliphatic rings. The number of nitro benzene ring substituents is 1. The predicted octanol–water partition coefficient (Wildman–Crippen LogP) is 3.24. The van der Waals surface area contributed by atoms with E-state index in [1.165, 1.54) is 17.7 Å². The summed E-state index contributed by atoms with van der Waals surface area (Å²) in [5.41, 5.74) is 2.31. The smallest absolute Gasteiger partial charge is 0.269 e. The van der Waals surface area contributed by atoms with E-state index in [0.717, 1.165) is 36.8 Å². The third kappa shape index (κ3) is 7.14. The Morgan fingerprint density at radius 3 is 2.38 bits per heavy atom. The minimum Gasteiger partial charge on any atom is -0.356 e. The molecule has 0 radical (unpaired) electrons. The Morgan fingerprint density at radius 1 is 1.04 bits per heavy atom. The molecule has 0 heterocycles. The predicted molar refractivity (Wildman–Crippen MR) is 109 cm³/mol. The van der Waals surface area contributed by atoms with Crippen LogP contribution in [0.5, 0.6) is 0 Å². The van der Waals surface area contributed by atoms with E-state index in [1.807, 2.05) is 18.2 Å². The zero-order chi connectivity index (χ0) is 18.6. The number of non-ortho nitro benzene ring substituents is 1. The molecule has 7 heteroatoms. The summed E-state index contributed by atoms with van der Waals surface area (Å²) in [6, 6.07) is 16.8. The highest BCUT2D eigenvalue weighted by Crippen LogP contribution is 2.12. The summed E-state index contributed by atoms with van der Waals surface area (Å²) in [6.07, 6.45) is 2.99. The fourth-order valence-corrected chi connectivity index (χ4v) is 2.62. The highest BCUT2D eigenvalue weighted by atomic mass is 32.2. The molecule has 0 spiro atoms. The minimum atomic E-state index is -0.395. The van der Waals surface area contributed by atoms with E-state index < -0.39 is 4.92 Å². The number of nitrogens with one attached hydrogen (secondary N) is 2. The first-order valence-corrected chi connectivity index (χ1v) is 9.87. The summed E-state index contributed by atoms with van der Waals surface area (Å²) in [6.45, 7) is 2.09. The van der Waals surface area contributed by atoms with Crippen LogP contribution in [0.2, 0.25) is 0 Å². The summed E-state index contributed by atoms with van der Waals surface area (Å²) >= 11 is 1.77. The lowest BCUT2D eigenvalue weighted by Gasteiger charge is -2.12. The van der Waals surface area contributed by atoms with Gasteiger partial charge in [-0.3, -0.25) is 10.1 Å². The van der Waals surface area contributed by atoms with Crippen molar-refractivity contribution < 1.29 is 4.92 Å². The van der Waals surface area contributed by atoms with Crippen LogP contribution in [0.15, 0.2) is 59.6 Å². The van der Waals surface area contributed by atoms with E-state index in [2.05, 4.69) is 34.0 Å². The van der Waals surface area contributed by atoms with Crippen LogP contribution < -0.4 is 10.6 Å². The van der Waals surface area contributed by atoms with Crippen molar-refractivity contribution in [3.05, 3.63) is 75.8 Å². The van der Waals surface area contributed by atoms with Gasteiger partial charge in [-0.05, 0) is 23.8 Å². The van der Waals surface area contributed by atoms with Crippen LogP contribution in [0, 0.1) is 10.1 Å². The van der Waals surface area contributed by atoms with E-state index in [0.29, 0.717) is 6.54 Å². The average molecular weight is 372 g/mol. The van der Waals surface area contributed by atoms with Gasteiger partial charge in [0.1, 0.15) is 0 Å². The van der Waals surface area contributed by atoms with Crippen molar-refractivity contribution in [1.29, 1.82) is 0 Å². The molecule has 0 fully saturated rings. The van der Waals surface area contributed by atoms with E-state index >= 15 is 0 Å². The second kappa shape index (κ2) is 11.1. The first-order valence-electron chi connectivity index (χ1n) is 8.47. The molecule has 0 saturated carbocycles. The summed E-state index contributed by atoms with van der Waals surface area (Å²) in [5.74, 6) is 1.75. The lowest BCUT2D eigenvalue weighted by Crippen LogP contribution is -2.39. The summed E-state index contributed by atoms with van der Waals surface area (Å²) in [7, 11) is 0. The van der Waals surface area contributed by atoms with Gasteiger partial charge in [0.05, 0.1) is 11.5 Å². The summed E-state index contributed by atoms with van der Waals surface area (Å²) in [5, 5.41) is 17.4. The molecule has 138 valence electrons. The monoisotopic (exact) mass is 372 g/mol. The molecule has 2 N–H and O–H groups in total. The number of rotatable bonds is 9. The van der Waals surface area contributed by atoms with Gasteiger partial charge >= 0.3 is 0 Å². The molecule has 2 aromatic carbocycles. The van der Waals surface area contributed by atoms with Gasteiger partial charge in [0.15, 0.2) is 5.96 Å². The maximum Gasteiger partial charge on any atom is 0.269 e. The molecular weight excluding hydrogens is 348 g/mol. The highest BCUT2D eigenvalue weighted by molar-refractivity contribution is 7.98. The largest absolute Gasteiger partial charge is 0.356 e. The van der Waals surface area contributed by atoms with Gasteiger partial charge in [0, 0.05) is 31.0 Å². The number of hydrogen-bond acceptors (Lipinski definition) is 4. The molecule has 0 aliphatic heterocycles. The number of nitrogens with zero attached hydrogens (tertiary/aromatic N) is 2. The molecule has 0 unspecified atom stereocenters. The standard InChI is InChI=1S/C19H24N4O2S/c1-26-14-13-21-19(20-12-11-16-5-3-2-4-6-16)22-15-17-7-9-18(10-8-17)23(24)25/h2-10H,11-15H2,1H3,(H2,20,21,22). The fourth-order valence-electron chi connectivity index (χ4n) is 2.31. The van der Waals surface area contributed by atoms with Gasteiger partial charge in [0.25, 0.3) is 5.69 Å². The van der Waals surface area contributed by atoms with Crippen molar-refractivity contribution in [2.75, 3.05) is 25.1 Å². The van der Waals surface area contributed by atoms with E-state index in [9.17, 15) is 10.1 Å². The molecule has 0 aromatic heterocycles. The molecule has 0 bridgehead atoms. The molecule has 26 heavy (non-hydrogen) atoms. The van der Waals surface area contributed by atoms with Gasteiger partial charge in [-0.2, -0.15) is 11.8 Å². The van der Waals surface area contributed by atoms with Crippen molar-refractivity contribution in [3.63, 3.8) is 0 Å². The molecule has 2 aromatic rings. The normalized spacial score (nSPS) is 11.2. The SMILES string of the molecule is CSCCNC(=NCc1ccc([N+](=O)[O-])cc1)NCCc1ccccc1. The topological polar surface area (TPSA) is 79.6 Å². The van der Waals surface area contributed by atoms with Gasteiger partial charge in [-0.25, -0.2) is 4.99 Å². The molecule has 0 atom stereocenters. The lowest BCUT2D eigenvalue weighted by atomic mass is 10.1. The molecule has 0 saturated heterocycles. The van der Waals surface area contributed by atoms with Gasteiger partial charge in [0.2, 0.25) is 0 Å². The minimum absolute atomic E-state index is 0.0945. The maximum absolute atomic E-state index is 10.7. The van der Waals surface area contributed by atoms with E-state index in [-0.39, 0.29) is 5.69 Å². The number of aliphatic imine (C=N–C) groups is 1. The first-order chi connectivity index (χ1) is 12.7. The van der Waals surface area contributed by atoms with Crippen LogP contribution in [0.25, 0.3) is 0 Å². The zero-order valence-corrected chi connectivity index (χ0v) is 15.7. The van der Waals surface area contributed by atoms with Crippen molar-refractivity contribution in [2.45, 2.75) is 13.0 Å². The van der Waals surface area contributed by atoms with E-state index in [1.54, 1.807) is 23.9 Å². The van der Waals surface area contributed by atoms with Crippen LogP contribution >= 0.6 is 11.8 Å². The molecular formula is C19H24N4O2S. The molecule has 0 aliphatic carbocycles.